The molecule has 2 unspecified atom stereocenters. The normalized spacial score (nSPS) is 29.2. The van der Waals surface area contributed by atoms with Crippen LogP contribution in [0.25, 0.3) is 0 Å². The van der Waals surface area contributed by atoms with Crippen LogP contribution in [-0.2, 0) is 9.59 Å². The van der Waals surface area contributed by atoms with Crippen LogP contribution in [0.3, 0.4) is 0 Å². The minimum Gasteiger partial charge on any atom is -0.340 e. The fraction of sp³-hybridized carbons (Fsp3) is 0.875. The van der Waals surface area contributed by atoms with Crippen LogP contribution in [0.1, 0.15) is 66.2 Å². The summed E-state index contributed by atoms with van der Waals surface area (Å²) in [6, 6.07) is -0.134. The Morgan fingerprint density at radius 1 is 1.25 bits per heavy atom. The summed E-state index contributed by atoms with van der Waals surface area (Å²) in [4.78, 5) is 26.8. The third-order valence-electron chi connectivity index (χ3n) is 4.97. The van der Waals surface area contributed by atoms with Gasteiger partial charge in [0.2, 0.25) is 11.8 Å². The minimum absolute atomic E-state index is 0.0242. The molecule has 1 saturated heterocycles. The number of nitrogens with zero attached hydrogens (tertiary/aromatic N) is 1. The second-order valence-electron chi connectivity index (χ2n) is 6.88. The quantitative estimate of drug-likeness (QED) is 0.863. The van der Waals surface area contributed by atoms with Crippen LogP contribution in [0, 0.1) is 5.92 Å². The highest BCUT2D eigenvalue weighted by atomic mass is 16.2. The molecule has 4 nitrogen and oxygen atoms in total. The van der Waals surface area contributed by atoms with E-state index in [1.807, 2.05) is 11.8 Å². The average Bonchev–Trinajstić information content (AvgIpc) is 2.42. The fourth-order valence-electron chi connectivity index (χ4n) is 3.80. The van der Waals surface area contributed by atoms with E-state index in [0.29, 0.717) is 5.92 Å². The first-order valence-electron chi connectivity index (χ1n) is 8.03. The summed E-state index contributed by atoms with van der Waals surface area (Å²) in [6.07, 6.45) is 7.14. The van der Waals surface area contributed by atoms with Gasteiger partial charge < -0.3 is 10.2 Å². The molecule has 0 aromatic carbocycles. The summed E-state index contributed by atoms with van der Waals surface area (Å²) in [5.41, 5.74) is -0.772. The summed E-state index contributed by atoms with van der Waals surface area (Å²) < 4.78 is 0. The maximum atomic E-state index is 12.8. The predicted octanol–water partition coefficient (Wildman–Crippen LogP) is 2.47. The van der Waals surface area contributed by atoms with Crippen LogP contribution in [-0.4, -0.2) is 34.3 Å². The summed E-state index contributed by atoms with van der Waals surface area (Å²) in [7, 11) is 0. The van der Waals surface area contributed by atoms with Crippen molar-refractivity contribution in [1.29, 1.82) is 0 Å². The Labute approximate surface area is 122 Å². The van der Waals surface area contributed by atoms with Gasteiger partial charge in [0.05, 0.1) is 0 Å². The summed E-state index contributed by atoms with van der Waals surface area (Å²) in [6.45, 7) is 7.60. The van der Waals surface area contributed by atoms with Crippen molar-refractivity contribution in [2.45, 2.75) is 83.8 Å². The molecule has 1 aliphatic carbocycles. The molecule has 4 heteroatoms. The van der Waals surface area contributed by atoms with Gasteiger partial charge in [-0.25, -0.2) is 0 Å². The van der Waals surface area contributed by atoms with Crippen molar-refractivity contribution in [3.63, 3.8) is 0 Å². The van der Waals surface area contributed by atoms with E-state index >= 15 is 0 Å². The van der Waals surface area contributed by atoms with E-state index in [0.717, 1.165) is 6.42 Å². The van der Waals surface area contributed by atoms with Crippen molar-refractivity contribution in [3.05, 3.63) is 0 Å². The molecule has 0 spiro atoms. The zero-order valence-electron chi connectivity index (χ0n) is 13.2. The first-order chi connectivity index (χ1) is 9.38. The lowest BCUT2D eigenvalue weighted by Crippen LogP contribution is -2.70. The molecule has 1 saturated carbocycles. The zero-order chi connectivity index (χ0) is 14.9. The third kappa shape index (κ3) is 2.70. The van der Waals surface area contributed by atoms with Gasteiger partial charge in [-0.3, -0.25) is 9.59 Å². The standard InChI is InChI=1S/C16H28N2O2/c1-5-13(12-9-7-6-8-10-12)18-11(2)14(19)17-16(3,4)15(18)20/h11-13H,5-10H2,1-4H3,(H,17,19). The highest BCUT2D eigenvalue weighted by Gasteiger charge is 2.47. The summed E-state index contributed by atoms with van der Waals surface area (Å²) >= 11 is 0. The monoisotopic (exact) mass is 280 g/mol. The van der Waals surface area contributed by atoms with Crippen molar-refractivity contribution < 1.29 is 9.59 Å². The molecular formula is C16H28N2O2. The Bertz CT molecular complexity index is 386. The summed E-state index contributed by atoms with van der Waals surface area (Å²) in [5, 5.41) is 2.84. The maximum absolute atomic E-state index is 12.8. The summed E-state index contributed by atoms with van der Waals surface area (Å²) in [5.74, 6) is 0.604. The van der Waals surface area contributed by atoms with Gasteiger partial charge in [-0.15, -0.1) is 0 Å². The molecule has 1 heterocycles. The van der Waals surface area contributed by atoms with Crippen molar-refractivity contribution >= 4 is 11.8 Å². The van der Waals surface area contributed by atoms with E-state index < -0.39 is 5.54 Å². The van der Waals surface area contributed by atoms with Gasteiger partial charge in [0, 0.05) is 6.04 Å². The third-order valence-corrected chi connectivity index (χ3v) is 4.97. The van der Waals surface area contributed by atoms with Gasteiger partial charge in [-0.2, -0.15) is 0 Å². The molecule has 0 bridgehead atoms. The SMILES string of the molecule is CCC(C1CCCCC1)N1C(=O)C(C)(C)NC(=O)C1C. The highest BCUT2D eigenvalue weighted by Crippen LogP contribution is 2.33. The van der Waals surface area contributed by atoms with Crippen LogP contribution in [0.2, 0.25) is 0 Å². The van der Waals surface area contributed by atoms with Crippen LogP contribution < -0.4 is 5.32 Å². The Balaban J connectivity index is 2.25. The molecule has 2 fully saturated rings. The zero-order valence-corrected chi connectivity index (χ0v) is 13.2. The van der Waals surface area contributed by atoms with Gasteiger partial charge in [0.25, 0.3) is 0 Å². The number of carbonyl (C=O) groups excluding carboxylic acids is 2. The smallest absolute Gasteiger partial charge is 0.248 e. The van der Waals surface area contributed by atoms with E-state index in [4.69, 9.17) is 0 Å². The number of hydrogen-bond donors (Lipinski definition) is 1. The topological polar surface area (TPSA) is 49.4 Å². The van der Waals surface area contributed by atoms with E-state index in [2.05, 4.69) is 12.2 Å². The molecule has 20 heavy (non-hydrogen) atoms. The molecule has 0 radical (unpaired) electrons. The largest absolute Gasteiger partial charge is 0.340 e. The molecule has 1 aliphatic heterocycles. The van der Waals surface area contributed by atoms with Crippen LogP contribution in [0.5, 0.6) is 0 Å². The lowest BCUT2D eigenvalue weighted by molar-refractivity contribution is -0.157. The lowest BCUT2D eigenvalue weighted by atomic mass is 9.80. The van der Waals surface area contributed by atoms with E-state index in [1.54, 1.807) is 13.8 Å². The van der Waals surface area contributed by atoms with Crippen LogP contribution >= 0.6 is 0 Å². The number of hydrogen-bond acceptors (Lipinski definition) is 2. The van der Waals surface area contributed by atoms with Crippen molar-refractivity contribution in [1.82, 2.24) is 10.2 Å². The minimum atomic E-state index is -0.772. The molecule has 2 amide bonds. The number of rotatable bonds is 3. The van der Waals surface area contributed by atoms with Gasteiger partial charge >= 0.3 is 0 Å². The van der Waals surface area contributed by atoms with Crippen molar-refractivity contribution in [2.24, 2.45) is 5.92 Å². The Morgan fingerprint density at radius 3 is 2.40 bits per heavy atom. The number of amides is 2. The Hall–Kier alpha value is -1.06. The van der Waals surface area contributed by atoms with Crippen LogP contribution in [0.15, 0.2) is 0 Å². The van der Waals surface area contributed by atoms with Crippen LogP contribution in [0.4, 0.5) is 0 Å². The number of carbonyl (C=O) groups is 2. The molecule has 0 aromatic rings. The van der Waals surface area contributed by atoms with E-state index in [9.17, 15) is 9.59 Å². The van der Waals surface area contributed by atoms with E-state index in [1.165, 1.54) is 32.1 Å². The molecule has 2 rings (SSSR count). The van der Waals surface area contributed by atoms with Gasteiger partial charge in [0.15, 0.2) is 0 Å². The van der Waals surface area contributed by atoms with Gasteiger partial charge in [0.1, 0.15) is 11.6 Å². The Kier molecular flexibility index (Phi) is 4.40. The first kappa shape index (κ1) is 15.3. The average molecular weight is 280 g/mol. The second kappa shape index (κ2) is 5.74. The second-order valence-corrected chi connectivity index (χ2v) is 6.88. The molecule has 1 N–H and O–H groups in total. The molecule has 2 aliphatic rings. The van der Waals surface area contributed by atoms with Gasteiger partial charge in [-0.1, -0.05) is 26.2 Å². The lowest BCUT2D eigenvalue weighted by Gasteiger charge is -2.48. The molecule has 114 valence electrons. The maximum Gasteiger partial charge on any atom is 0.248 e. The van der Waals surface area contributed by atoms with Gasteiger partial charge in [-0.05, 0) is 46.0 Å². The van der Waals surface area contributed by atoms with Crippen molar-refractivity contribution in [2.75, 3.05) is 0 Å². The molecular weight excluding hydrogens is 252 g/mol. The fourth-order valence-corrected chi connectivity index (χ4v) is 3.80. The number of nitrogens with one attached hydrogen (secondary N) is 1. The number of piperazine rings is 1. The Morgan fingerprint density at radius 2 is 1.85 bits per heavy atom. The van der Waals surface area contributed by atoms with E-state index in [-0.39, 0.29) is 23.9 Å². The van der Waals surface area contributed by atoms with Crippen molar-refractivity contribution in [3.8, 4) is 0 Å². The molecule has 0 aromatic heterocycles. The highest BCUT2D eigenvalue weighted by molar-refractivity contribution is 5.99. The molecule has 2 atom stereocenters. The predicted molar refractivity (Wildman–Crippen MR) is 79.2 cm³/mol. The first-order valence-corrected chi connectivity index (χ1v) is 8.03.